The van der Waals surface area contributed by atoms with Gasteiger partial charge in [-0.05, 0) is 61.6 Å². The van der Waals surface area contributed by atoms with E-state index in [0.717, 1.165) is 31.2 Å². The maximum Gasteiger partial charge on any atom is 0.404 e. The first-order valence-corrected chi connectivity index (χ1v) is 8.66. The number of primary amides is 1. The van der Waals surface area contributed by atoms with Crippen LogP contribution in [0.15, 0.2) is 24.3 Å². The van der Waals surface area contributed by atoms with Crippen LogP contribution in [-0.4, -0.2) is 29.8 Å². The molecule has 1 aromatic carbocycles. The third kappa shape index (κ3) is 6.36. The van der Waals surface area contributed by atoms with Crippen molar-refractivity contribution < 1.29 is 19.4 Å². The third-order valence-corrected chi connectivity index (χ3v) is 4.76. The number of nitrogens with one attached hydrogen (secondary N) is 1. The van der Waals surface area contributed by atoms with Crippen LogP contribution in [0, 0.1) is 11.8 Å². The Kier molecular flexibility index (Phi) is 7.21. The molecule has 1 aliphatic rings. The summed E-state index contributed by atoms with van der Waals surface area (Å²) in [4.78, 5) is 22.9. The molecule has 6 N–H and O–H groups in total. The lowest BCUT2D eigenvalue weighted by Gasteiger charge is -2.29. The molecule has 2 amide bonds. The quantitative estimate of drug-likeness (QED) is 0.596. The molecule has 7 heteroatoms. The van der Waals surface area contributed by atoms with E-state index in [0.29, 0.717) is 30.6 Å². The first-order chi connectivity index (χ1) is 12.0. The molecule has 1 unspecified atom stereocenters. The number of benzene rings is 1. The Hall–Kier alpha value is -2.12. The fraction of sp³-hybridized carbons (Fsp3) is 0.556. The average Bonchev–Trinajstić information content (AvgIpc) is 2.61. The van der Waals surface area contributed by atoms with Gasteiger partial charge in [-0.2, -0.15) is 0 Å². The Balaban J connectivity index is 1.73. The minimum Gasteiger partial charge on any atom is -0.449 e. The number of rotatable bonds is 7. The zero-order valence-electron chi connectivity index (χ0n) is 14.3. The number of amides is 2. The van der Waals surface area contributed by atoms with Crippen LogP contribution in [0.3, 0.4) is 0 Å². The molecule has 1 aliphatic carbocycles. The molecule has 0 aliphatic heterocycles. The molecule has 0 radical (unpaired) electrons. The van der Waals surface area contributed by atoms with E-state index in [1.54, 1.807) is 24.3 Å². The zero-order chi connectivity index (χ0) is 18.2. The van der Waals surface area contributed by atoms with Crippen molar-refractivity contribution in [1.29, 1.82) is 0 Å². The van der Waals surface area contributed by atoms with Crippen molar-refractivity contribution in [2.24, 2.45) is 23.3 Å². The predicted molar refractivity (Wildman–Crippen MR) is 94.6 cm³/mol. The summed E-state index contributed by atoms with van der Waals surface area (Å²) < 4.78 is 4.85. The average molecular weight is 349 g/mol. The van der Waals surface area contributed by atoms with E-state index in [1.165, 1.54) is 0 Å². The van der Waals surface area contributed by atoms with Crippen LogP contribution in [0.2, 0.25) is 0 Å². The molecule has 25 heavy (non-hydrogen) atoms. The van der Waals surface area contributed by atoms with Gasteiger partial charge >= 0.3 is 6.09 Å². The smallest absolute Gasteiger partial charge is 0.404 e. The molecule has 2 rings (SSSR count). The Morgan fingerprint density at radius 3 is 2.32 bits per heavy atom. The van der Waals surface area contributed by atoms with Gasteiger partial charge in [0.2, 0.25) is 5.91 Å². The highest BCUT2D eigenvalue weighted by molar-refractivity contribution is 5.94. The predicted octanol–water partition coefficient (Wildman–Crippen LogP) is 1.74. The van der Waals surface area contributed by atoms with Gasteiger partial charge < -0.3 is 26.6 Å². The number of carbonyl (C=O) groups is 2. The van der Waals surface area contributed by atoms with Crippen LogP contribution >= 0.6 is 0 Å². The molecular formula is C18H27N3O4. The van der Waals surface area contributed by atoms with Crippen molar-refractivity contribution >= 4 is 17.7 Å². The van der Waals surface area contributed by atoms with Gasteiger partial charge in [-0.25, -0.2) is 4.79 Å². The van der Waals surface area contributed by atoms with Gasteiger partial charge in [0.15, 0.2) is 0 Å². The minimum absolute atomic E-state index is 0.0269. The summed E-state index contributed by atoms with van der Waals surface area (Å²) in [6, 6.07) is 6.47. The standard InChI is InChI=1S/C18H27N3O4/c19-16(17(23)21-15-7-5-13(10-22)6-8-15)9-12-1-3-14(4-2-12)11-25-18(20)24/h5-8,12,14,16,22H,1-4,9-11,19H2,(H2,20,24)(H,21,23)/t12-,14-,16?. The fourth-order valence-electron chi connectivity index (χ4n) is 3.23. The number of ether oxygens (including phenoxy) is 1. The second-order valence-electron chi connectivity index (χ2n) is 6.70. The van der Waals surface area contributed by atoms with Gasteiger partial charge in [-0.3, -0.25) is 4.79 Å². The summed E-state index contributed by atoms with van der Waals surface area (Å²) in [7, 11) is 0. The van der Waals surface area contributed by atoms with Gasteiger partial charge in [0.25, 0.3) is 0 Å². The number of hydrogen-bond donors (Lipinski definition) is 4. The van der Waals surface area contributed by atoms with Crippen molar-refractivity contribution in [2.75, 3.05) is 11.9 Å². The van der Waals surface area contributed by atoms with E-state index >= 15 is 0 Å². The van der Waals surface area contributed by atoms with Gasteiger partial charge in [0.1, 0.15) is 0 Å². The summed E-state index contributed by atoms with van der Waals surface area (Å²) >= 11 is 0. The van der Waals surface area contributed by atoms with Crippen LogP contribution in [0.25, 0.3) is 0 Å². The lowest BCUT2D eigenvalue weighted by Crippen LogP contribution is -2.38. The van der Waals surface area contributed by atoms with Crippen molar-refractivity contribution in [2.45, 2.75) is 44.8 Å². The normalized spacial score (nSPS) is 21.4. The molecule has 1 fully saturated rings. The molecule has 0 aromatic heterocycles. The number of nitrogens with two attached hydrogens (primary N) is 2. The number of carbonyl (C=O) groups excluding carboxylic acids is 2. The van der Waals surface area contributed by atoms with Gasteiger partial charge in [0, 0.05) is 5.69 Å². The van der Waals surface area contributed by atoms with Crippen molar-refractivity contribution in [3.8, 4) is 0 Å². The van der Waals surface area contributed by atoms with Crippen LogP contribution in [0.1, 0.15) is 37.7 Å². The highest BCUT2D eigenvalue weighted by Crippen LogP contribution is 2.31. The van der Waals surface area contributed by atoms with E-state index in [-0.39, 0.29) is 12.5 Å². The number of anilines is 1. The van der Waals surface area contributed by atoms with Crippen molar-refractivity contribution in [1.82, 2.24) is 0 Å². The van der Waals surface area contributed by atoms with Crippen LogP contribution < -0.4 is 16.8 Å². The molecule has 0 bridgehead atoms. The molecule has 7 nitrogen and oxygen atoms in total. The zero-order valence-corrected chi connectivity index (χ0v) is 14.3. The van der Waals surface area contributed by atoms with E-state index in [9.17, 15) is 9.59 Å². The van der Waals surface area contributed by atoms with E-state index in [1.807, 2.05) is 0 Å². The van der Waals surface area contributed by atoms with E-state index < -0.39 is 12.1 Å². The Morgan fingerprint density at radius 1 is 1.16 bits per heavy atom. The number of aliphatic hydroxyl groups is 1. The van der Waals surface area contributed by atoms with Crippen LogP contribution in [0.4, 0.5) is 10.5 Å². The Bertz CT molecular complexity index is 568. The summed E-state index contributed by atoms with van der Waals surface area (Å²) in [5, 5.41) is 11.8. The molecule has 0 heterocycles. The summed E-state index contributed by atoms with van der Waals surface area (Å²) in [5.74, 6) is 0.553. The Labute approximate surface area is 147 Å². The molecule has 138 valence electrons. The first-order valence-electron chi connectivity index (χ1n) is 8.66. The molecular weight excluding hydrogens is 322 g/mol. The highest BCUT2D eigenvalue weighted by atomic mass is 16.5. The first kappa shape index (κ1) is 19.2. The Morgan fingerprint density at radius 2 is 1.76 bits per heavy atom. The van der Waals surface area contributed by atoms with Crippen LogP contribution in [-0.2, 0) is 16.1 Å². The van der Waals surface area contributed by atoms with Crippen molar-refractivity contribution in [3.05, 3.63) is 29.8 Å². The molecule has 1 saturated carbocycles. The van der Waals surface area contributed by atoms with Gasteiger partial charge in [0.05, 0.1) is 19.3 Å². The molecule has 0 spiro atoms. The molecule has 1 atom stereocenters. The number of aliphatic hydroxyl groups excluding tert-OH is 1. The largest absolute Gasteiger partial charge is 0.449 e. The maximum absolute atomic E-state index is 12.2. The fourth-order valence-corrected chi connectivity index (χ4v) is 3.23. The summed E-state index contributed by atoms with van der Waals surface area (Å²) in [5.41, 5.74) is 12.5. The second-order valence-corrected chi connectivity index (χ2v) is 6.70. The lowest BCUT2D eigenvalue weighted by molar-refractivity contribution is -0.117. The lowest BCUT2D eigenvalue weighted by atomic mass is 9.79. The third-order valence-electron chi connectivity index (χ3n) is 4.76. The SMILES string of the molecule is NC(=O)OC[C@H]1CC[C@H](CC(N)C(=O)Nc2ccc(CO)cc2)CC1. The van der Waals surface area contributed by atoms with Gasteiger partial charge in [-0.15, -0.1) is 0 Å². The molecule has 1 aromatic rings. The maximum atomic E-state index is 12.2. The van der Waals surface area contributed by atoms with Gasteiger partial charge in [-0.1, -0.05) is 12.1 Å². The summed E-state index contributed by atoms with van der Waals surface area (Å²) in [6.07, 6.45) is 3.76. The minimum atomic E-state index is -0.729. The van der Waals surface area contributed by atoms with Crippen molar-refractivity contribution in [3.63, 3.8) is 0 Å². The van der Waals surface area contributed by atoms with Crippen LogP contribution in [0.5, 0.6) is 0 Å². The number of hydrogen-bond acceptors (Lipinski definition) is 5. The summed E-state index contributed by atoms with van der Waals surface area (Å²) in [6.45, 7) is 0.347. The highest BCUT2D eigenvalue weighted by Gasteiger charge is 2.25. The molecule has 0 saturated heterocycles. The monoisotopic (exact) mass is 349 g/mol. The van der Waals surface area contributed by atoms with E-state index in [2.05, 4.69) is 5.32 Å². The van der Waals surface area contributed by atoms with E-state index in [4.69, 9.17) is 21.3 Å². The second kappa shape index (κ2) is 9.39. The topological polar surface area (TPSA) is 128 Å².